The molecule has 0 aliphatic heterocycles. The topological polar surface area (TPSA) is 105 Å². The van der Waals surface area contributed by atoms with Gasteiger partial charge in [0.2, 0.25) is 0 Å². The van der Waals surface area contributed by atoms with Crippen molar-refractivity contribution in [2.75, 3.05) is 11.1 Å². The number of nitriles is 1. The highest BCUT2D eigenvalue weighted by Crippen LogP contribution is 2.23. The monoisotopic (exact) mass is 273 g/mol. The van der Waals surface area contributed by atoms with Crippen LogP contribution in [-0.2, 0) is 0 Å². The Hall–Kier alpha value is -2.65. The van der Waals surface area contributed by atoms with E-state index in [-0.39, 0.29) is 16.5 Å². The highest BCUT2D eigenvalue weighted by atomic mass is 35.5. The molecule has 0 fully saturated rings. The Bertz CT molecular complexity index is 663. The van der Waals surface area contributed by atoms with Gasteiger partial charge in [0.05, 0.1) is 34.7 Å². The minimum Gasteiger partial charge on any atom is -0.382 e. The van der Waals surface area contributed by atoms with Gasteiger partial charge in [-0.25, -0.2) is 9.97 Å². The molecule has 0 bridgehead atoms. The standard InChI is InChI=1S/C12H8ClN5O/c13-8-3-7(4-14)1-2-9(8)18-12(19)10-5-17-11(15)6-16-10/h1-3,5-6H,(H2,15,17)(H,18,19). The number of nitrogens with zero attached hydrogens (tertiary/aromatic N) is 3. The molecule has 6 nitrogen and oxygen atoms in total. The van der Waals surface area contributed by atoms with E-state index in [1.54, 1.807) is 12.1 Å². The molecule has 1 heterocycles. The summed E-state index contributed by atoms with van der Waals surface area (Å²) in [6.07, 6.45) is 2.55. The Labute approximate surface area is 113 Å². The zero-order valence-electron chi connectivity index (χ0n) is 9.59. The lowest BCUT2D eigenvalue weighted by molar-refractivity contribution is 0.102. The number of carbonyl (C=O) groups excluding carboxylic acids is 1. The second-order valence-corrected chi connectivity index (χ2v) is 3.99. The van der Waals surface area contributed by atoms with Crippen molar-refractivity contribution in [3.05, 3.63) is 46.9 Å². The molecule has 0 saturated heterocycles. The van der Waals surface area contributed by atoms with Gasteiger partial charge < -0.3 is 11.1 Å². The first kappa shape index (κ1) is 12.8. The lowest BCUT2D eigenvalue weighted by Gasteiger charge is -2.06. The number of carbonyl (C=O) groups is 1. The van der Waals surface area contributed by atoms with Gasteiger partial charge in [0.15, 0.2) is 0 Å². The molecule has 0 aliphatic carbocycles. The highest BCUT2D eigenvalue weighted by molar-refractivity contribution is 6.34. The first-order valence-corrected chi connectivity index (χ1v) is 5.56. The normalized spacial score (nSPS) is 9.68. The minimum absolute atomic E-state index is 0.120. The zero-order valence-corrected chi connectivity index (χ0v) is 10.3. The van der Waals surface area contributed by atoms with Gasteiger partial charge in [0.1, 0.15) is 11.5 Å². The summed E-state index contributed by atoms with van der Waals surface area (Å²) in [7, 11) is 0. The fourth-order valence-electron chi connectivity index (χ4n) is 1.33. The molecule has 0 unspecified atom stereocenters. The molecule has 19 heavy (non-hydrogen) atoms. The summed E-state index contributed by atoms with van der Waals surface area (Å²) in [5.41, 5.74) is 6.30. The summed E-state index contributed by atoms with van der Waals surface area (Å²) in [5.74, 6) is -0.230. The number of hydrogen-bond donors (Lipinski definition) is 2. The Kier molecular flexibility index (Phi) is 3.59. The van der Waals surface area contributed by atoms with E-state index in [2.05, 4.69) is 15.3 Å². The van der Waals surface area contributed by atoms with Gasteiger partial charge in [-0.3, -0.25) is 4.79 Å². The molecule has 7 heteroatoms. The van der Waals surface area contributed by atoms with Crippen molar-refractivity contribution in [3.63, 3.8) is 0 Å². The van der Waals surface area contributed by atoms with Gasteiger partial charge in [0.25, 0.3) is 5.91 Å². The third-order valence-corrected chi connectivity index (χ3v) is 2.56. The third-order valence-electron chi connectivity index (χ3n) is 2.25. The highest BCUT2D eigenvalue weighted by Gasteiger charge is 2.10. The fraction of sp³-hybridized carbons (Fsp3) is 0. The SMILES string of the molecule is N#Cc1ccc(NC(=O)c2cnc(N)cn2)c(Cl)c1. The molecule has 1 amide bonds. The van der Waals surface area contributed by atoms with Crippen LogP contribution in [0.25, 0.3) is 0 Å². The first-order valence-electron chi connectivity index (χ1n) is 5.18. The van der Waals surface area contributed by atoms with E-state index < -0.39 is 5.91 Å². The largest absolute Gasteiger partial charge is 0.382 e. The number of aromatic nitrogens is 2. The second kappa shape index (κ2) is 5.33. The van der Waals surface area contributed by atoms with Crippen molar-refractivity contribution in [1.82, 2.24) is 9.97 Å². The third kappa shape index (κ3) is 2.97. The zero-order chi connectivity index (χ0) is 13.8. The summed E-state index contributed by atoms with van der Waals surface area (Å²) in [5, 5.41) is 11.6. The number of anilines is 2. The van der Waals surface area contributed by atoms with Crippen molar-refractivity contribution < 1.29 is 4.79 Å². The number of rotatable bonds is 2. The summed E-state index contributed by atoms with van der Waals surface area (Å²) in [6.45, 7) is 0. The van der Waals surface area contributed by atoms with Crippen molar-refractivity contribution in [3.8, 4) is 6.07 Å². The van der Waals surface area contributed by atoms with E-state index in [9.17, 15) is 4.79 Å². The number of hydrogen-bond acceptors (Lipinski definition) is 5. The molecule has 3 N–H and O–H groups in total. The van der Waals surface area contributed by atoms with E-state index in [1.165, 1.54) is 18.5 Å². The van der Waals surface area contributed by atoms with Gasteiger partial charge >= 0.3 is 0 Å². The average molecular weight is 274 g/mol. The van der Waals surface area contributed by atoms with E-state index in [4.69, 9.17) is 22.6 Å². The predicted octanol–water partition coefficient (Wildman–Crippen LogP) is 1.84. The van der Waals surface area contributed by atoms with Crippen LogP contribution in [0.2, 0.25) is 5.02 Å². The number of nitrogens with two attached hydrogens (primary N) is 1. The smallest absolute Gasteiger partial charge is 0.275 e. The Morgan fingerprint density at radius 1 is 1.37 bits per heavy atom. The number of benzene rings is 1. The maximum absolute atomic E-state index is 11.9. The van der Waals surface area contributed by atoms with Crippen LogP contribution >= 0.6 is 11.6 Å². The fourth-order valence-corrected chi connectivity index (χ4v) is 1.56. The van der Waals surface area contributed by atoms with Gasteiger partial charge in [-0.15, -0.1) is 0 Å². The van der Waals surface area contributed by atoms with Crippen molar-refractivity contribution >= 4 is 29.0 Å². The number of nitrogens with one attached hydrogen (secondary N) is 1. The molecule has 2 rings (SSSR count). The van der Waals surface area contributed by atoms with Crippen molar-refractivity contribution in [2.24, 2.45) is 0 Å². The van der Waals surface area contributed by atoms with Crippen LogP contribution in [0.4, 0.5) is 11.5 Å². The lowest BCUT2D eigenvalue weighted by atomic mass is 10.2. The lowest BCUT2D eigenvalue weighted by Crippen LogP contribution is -2.14. The minimum atomic E-state index is -0.459. The molecular formula is C12H8ClN5O. The quantitative estimate of drug-likeness (QED) is 0.868. The van der Waals surface area contributed by atoms with Gasteiger partial charge in [-0.2, -0.15) is 5.26 Å². The maximum atomic E-state index is 11.9. The molecule has 0 saturated carbocycles. The van der Waals surface area contributed by atoms with Gasteiger partial charge in [-0.1, -0.05) is 11.6 Å². The van der Waals surface area contributed by atoms with Crippen LogP contribution in [0, 0.1) is 11.3 Å². The Morgan fingerprint density at radius 3 is 2.74 bits per heavy atom. The Balaban J connectivity index is 2.20. The van der Waals surface area contributed by atoms with E-state index in [0.717, 1.165) is 0 Å². The number of amides is 1. The molecule has 0 radical (unpaired) electrons. The van der Waals surface area contributed by atoms with Crippen LogP contribution in [0.15, 0.2) is 30.6 Å². The summed E-state index contributed by atoms with van der Waals surface area (Å²) < 4.78 is 0. The molecule has 0 spiro atoms. The van der Waals surface area contributed by atoms with Crippen molar-refractivity contribution in [1.29, 1.82) is 5.26 Å². The van der Waals surface area contributed by atoms with Gasteiger partial charge in [-0.05, 0) is 18.2 Å². The van der Waals surface area contributed by atoms with Crippen molar-refractivity contribution in [2.45, 2.75) is 0 Å². The van der Waals surface area contributed by atoms with Crippen LogP contribution < -0.4 is 11.1 Å². The molecule has 2 aromatic rings. The number of halogens is 1. The molecule has 94 valence electrons. The molecular weight excluding hydrogens is 266 g/mol. The average Bonchev–Trinajstić information content (AvgIpc) is 2.41. The van der Waals surface area contributed by atoms with Crippen LogP contribution in [0.5, 0.6) is 0 Å². The summed E-state index contributed by atoms with van der Waals surface area (Å²) in [6, 6.07) is 6.51. The van der Waals surface area contributed by atoms with E-state index >= 15 is 0 Å². The predicted molar refractivity (Wildman–Crippen MR) is 70.6 cm³/mol. The summed E-state index contributed by atoms with van der Waals surface area (Å²) in [4.78, 5) is 19.5. The maximum Gasteiger partial charge on any atom is 0.275 e. The van der Waals surface area contributed by atoms with E-state index in [0.29, 0.717) is 11.3 Å². The first-order chi connectivity index (χ1) is 9.10. The van der Waals surface area contributed by atoms with E-state index in [1.807, 2.05) is 6.07 Å². The summed E-state index contributed by atoms with van der Waals surface area (Å²) >= 11 is 5.94. The molecule has 1 aromatic carbocycles. The second-order valence-electron chi connectivity index (χ2n) is 3.59. The van der Waals surface area contributed by atoms with Crippen LogP contribution in [0.3, 0.4) is 0 Å². The molecule has 0 atom stereocenters. The molecule has 0 aliphatic rings. The number of nitrogen functional groups attached to an aromatic ring is 1. The molecule has 1 aromatic heterocycles. The van der Waals surface area contributed by atoms with Gasteiger partial charge in [0, 0.05) is 0 Å². The van der Waals surface area contributed by atoms with Crippen LogP contribution in [0.1, 0.15) is 16.1 Å². The Morgan fingerprint density at radius 2 is 2.16 bits per heavy atom. The van der Waals surface area contributed by atoms with Crippen LogP contribution in [-0.4, -0.2) is 15.9 Å².